The Morgan fingerprint density at radius 3 is 0.991 bits per heavy atom. The summed E-state index contributed by atoms with van der Waals surface area (Å²) in [6.07, 6.45) is 2.93. The number of carboxylic acid groups (broad SMARTS) is 1. The molecule has 2 atom stereocenters. The number of amides is 4. The van der Waals surface area contributed by atoms with Gasteiger partial charge in [0.15, 0.2) is 0 Å². The number of aryl methyl sites for hydroxylation is 1. The van der Waals surface area contributed by atoms with Gasteiger partial charge in [-0.25, -0.2) is 19.2 Å². The van der Waals surface area contributed by atoms with Crippen molar-refractivity contribution < 1.29 is 100 Å². The van der Waals surface area contributed by atoms with Gasteiger partial charge >= 0.3 is 54.2 Å². The minimum Gasteiger partial charge on any atom is -0.480 e. The van der Waals surface area contributed by atoms with Gasteiger partial charge in [0.05, 0.1) is 53.7 Å². The fourth-order valence-electron chi connectivity index (χ4n) is 10.8. The first kappa shape index (κ1) is 96.2. The molecule has 2 unspecified atom stereocenters. The number of aliphatic carboxylic acids is 1. The van der Waals surface area contributed by atoms with Gasteiger partial charge in [0.1, 0.15) is 54.9 Å². The average molecular weight is 1560 g/mol. The summed E-state index contributed by atoms with van der Waals surface area (Å²) in [6.45, 7) is 31.2. The summed E-state index contributed by atoms with van der Waals surface area (Å²) < 4.78 is 50.8. The number of nitrogens with zero attached hydrogens (tertiary/aromatic N) is 6. The fourth-order valence-corrected chi connectivity index (χ4v) is 10.8. The van der Waals surface area contributed by atoms with Gasteiger partial charge < -0.3 is 52.5 Å². The lowest BCUT2D eigenvalue weighted by Crippen LogP contribution is -2.40. The van der Waals surface area contributed by atoms with Gasteiger partial charge in [-0.3, -0.25) is 58.2 Å². The third kappa shape index (κ3) is 37.8. The second-order valence-corrected chi connectivity index (χ2v) is 30.7. The van der Waals surface area contributed by atoms with Gasteiger partial charge in [-0.05, 0) is 199 Å². The van der Waals surface area contributed by atoms with E-state index < -0.39 is 70.7 Å². The Morgan fingerprint density at radius 2 is 0.679 bits per heavy atom. The molecule has 4 amide bonds. The molecule has 5 aromatic carbocycles. The number of hydrogen-bond donors (Lipinski definition) is 1. The Labute approximate surface area is 662 Å². The van der Waals surface area contributed by atoms with Gasteiger partial charge in [-0.2, -0.15) is 0 Å². The first-order chi connectivity index (χ1) is 52.6. The van der Waals surface area contributed by atoms with Crippen molar-refractivity contribution in [2.45, 2.75) is 203 Å². The summed E-state index contributed by atoms with van der Waals surface area (Å²) in [5.74, 6) is -2.73. The molecule has 0 aliphatic carbocycles. The monoisotopic (exact) mass is 1560 g/mol. The maximum Gasteiger partial charge on any atom is 0.411 e. The minimum absolute atomic E-state index is 0.0823. The van der Waals surface area contributed by atoms with Crippen LogP contribution < -0.4 is 0 Å². The lowest BCUT2D eigenvalue weighted by atomic mass is 9.98. The normalized spacial score (nSPS) is 13.0. The number of carboxylic acids is 1. The molecule has 2 aliphatic rings. The van der Waals surface area contributed by atoms with Crippen LogP contribution in [0.3, 0.4) is 0 Å². The number of carbonyl (C=O) groups excluding carboxylic acids is 9. The highest BCUT2D eigenvalue weighted by atomic mass is 16.6. The van der Waals surface area contributed by atoms with Crippen molar-refractivity contribution in [3.8, 4) is 0 Å². The van der Waals surface area contributed by atoms with Crippen molar-refractivity contribution in [2.24, 2.45) is 0 Å². The summed E-state index contributed by atoms with van der Waals surface area (Å²) in [7, 11) is 8.60. The molecule has 0 aromatic heterocycles. The summed E-state index contributed by atoms with van der Waals surface area (Å²) in [5, 5.41) is 9.11. The van der Waals surface area contributed by atoms with Gasteiger partial charge in [-0.15, -0.1) is 0 Å². The topological polar surface area (TPSA) is 303 Å². The van der Waals surface area contributed by atoms with Crippen LogP contribution in [0, 0.1) is 0 Å². The van der Waals surface area contributed by atoms with Crippen molar-refractivity contribution in [3.63, 3.8) is 0 Å². The number of likely N-dealkylation sites (tertiary alicyclic amines) is 2. The molecular formula is C85H122N6O21. The Balaban J connectivity index is 0.000000365. The average Bonchev–Trinajstić information content (AvgIpc) is 0.840. The molecule has 2 aliphatic heterocycles. The number of aldehydes is 1. The second kappa shape index (κ2) is 48.1. The van der Waals surface area contributed by atoms with Crippen LogP contribution in [-0.4, -0.2) is 212 Å². The van der Waals surface area contributed by atoms with Crippen LogP contribution in [0.15, 0.2) is 121 Å². The van der Waals surface area contributed by atoms with E-state index in [1.165, 1.54) is 77.6 Å². The Bertz CT molecular complexity index is 3790. The number of benzene rings is 5. The predicted molar refractivity (Wildman–Crippen MR) is 423 cm³/mol. The third-order valence-corrected chi connectivity index (χ3v) is 16.9. The molecule has 618 valence electrons. The van der Waals surface area contributed by atoms with E-state index in [0.717, 1.165) is 79.9 Å². The smallest absolute Gasteiger partial charge is 0.411 e. The minimum atomic E-state index is -1.05. The number of hydrogen-bond acceptors (Lipinski definition) is 22. The maximum atomic E-state index is 12.5. The summed E-state index contributed by atoms with van der Waals surface area (Å²) >= 11 is 0. The predicted octanol–water partition coefficient (Wildman–Crippen LogP) is 14.1. The van der Waals surface area contributed by atoms with Crippen molar-refractivity contribution in [1.82, 2.24) is 29.4 Å². The number of esters is 4. The molecule has 2 heterocycles. The molecule has 1 N–H and O–H groups in total. The van der Waals surface area contributed by atoms with E-state index in [-0.39, 0.29) is 64.0 Å². The van der Waals surface area contributed by atoms with Crippen LogP contribution in [0.25, 0.3) is 0 Å². The molecule has 2 saturated heterocycles. The Kier molecular flexibility index (Phi) is 41.3. The molecule has 7 rings (SSSR count). The van der Waals surface area contributed by atoms with Gasteiger partial charge in [0, 0.05) is 52.4 Å². The van der Waals surface area contributed by atoms with Gasteiger partial charge in [0.25, 0.3) is 0 Å². The van der Waals surface area contributed by atoms with Crippen molar-refractivity contribution in [3.05, 3.63) is 177 Å². The molecule has 112 heavy (non-hydrogen) atoms. The quantitative estimate of drug-likeness (QED) is 0.0264. The molecule has 2 fully saturated rings. The van der Waals surface area contributed by atoms with Gasteiger partial charge in [-0.1, -0.05) is 121 Å². The Morgan fingerprint density at radius 1 is 0.393 bits per heavy atom. The van der Waals surface area contributed by atoms with E-state index >= 15 is 0 Å². The zero-order valence-corrected chi connectivity index (χ0v) is 69.5. The first-order valence-electron chi connectivity index (χ1n) is 37.4. The van der Waals surface area contributed by atoms with Crippen LogP contribution >= 0.6 is 0 Å². The van der Waals surface area contributed by atoms with Crippen molar-refractivity contribution >= 4 is 60.5 Å². The summed E-state index contributed by atoms with van der Waals surface area (Å²) in [4.78, 5) is 127. The van der Waals surface area contributed by atoms with E-state index in [2.05, 4.69) is 42.2 Å². The standard InChI is InChI=1S/C19H28N2O4.C18H26N2O4.C18H27NO5.C16H21NO5.C14H20O3/c1-19(2,3)25-18(23)21(14-17(22)24-4)13-16-9-6-5-8-15(16)12-20-10-7-11-20;1-18(2,3)24-17(23)20(13-16(21)22)12-15-8-5-4-7-14(15)11-19-9-6-10-19;1-13(22-5)15-10-8-7-9-14(15)11-19(12-16(20)23-6)17(21)24-18(2,3)4;1-16(2,3)22-15(20)17(10-14(19)21-4)9-12-7-5-6-8-13(12)11-18;1-11(16-2)13-9-5-4-7-12(13)8-6-10-14(15)17-3/h5-6,8-9H,7,10-14H2,1-4H3;4-5,7-8H,6,9-13H2,1-3H3,(H,21,22);7-10,13H,11-12H2,1-6H3;5-8,11H,9-10H2,1-4H3;4-5,7,9,11H,6,8,10H2,1-3H3. The second-order valence-electron chi connectivity index (χ2n) is 30.7. The lowest BCUT2D eigenvalue weighted by molar-refractivity contribution is -0.142. The van der Waals surface area contributed by atoms with Crippen LogP contribution in [0.2, 0.25) is 0 Å². The zero-order valence-electron chi connectivity index (χ0n) is 69.5. The van der Waals surface area contributed by atoms with Crippen molar-refractivity contribution in [2.75, 3.05) is 95.0 Å². The molecule has 27 heteroatoms. The van der Waals surface area contributed by atoms with Crippen molar-refractivity contribution in [1.29, 1.82) is 0 Å². The van der Waals surface area contributed by atoms with Crippen LogP contribution in [0.5, 0.6) is 0 Å². The van der Waals surface area contributed by atoms with Crippen LogP contribution in [0.1, 0.15) is 195 Å². The molecule has 5 aromatic rings. The maximum absolute atomic E-state index is 12.5. The molecule has 0 bridgehead atoms. The largest absolute Gasteiger partial charge is 0.480 e. The molecule has 0 saturated carbocycles. The summed E-state index contributed by atoms with van der Waals surface area (Å²) in [5.41, 5.74) is 7.02. The number of carbonyl (C=O) groups is 10. The molecular weight excluding hydrogens is 1440 g/mol. The zero-order chi connectivity index (χ0) is 83.9. The first-order valence-corrected chi connectivity index (χ1v) is 37.4. The lowest BCUT2D eigenvalue weighted by Gasteiger charge is -2.32. The van der Waals surface area contributed by atoms with E-state index in [1.807, 2.05) is 92.7 Å². The molecule has 27 nitrogen and oxygen atoms in total. The van der Waals surface area contributed by atoms with Crippen LogP contribution in [0.4, 0.5) is 19.2 Å². The van der Waals surface area contributed by atoms with E-state index in [9.17, 15) is 47.9 Å². The fraction of sp³-hybridized carbons (Fsp3) is 0.529. The Hall–Kier alpha value is -9.96. The van der Waals surface area contributed by atoms with E-state index in [1.54, 1.807) is 122 Å². The van der Waals surface area contributed by atoms with Gasteiger partial charge in [0.2, 0.25) is 0 Å². The number of ether oxygens (including phenoxy) is 10. The number of rotatable bonds is 29. The highest BCUT2D eigenvalue weighted by Crippen LogP contribution is 2.27. The van der Waals surface area contributed by atoms with E-state index in [4.69, 9.17) is 38.3 Å². The molecule has 0 radical (unpaired) electrons. The van der Waals surface area contributed by atoms with E-state index in [0.29, 0.717) is 30.4 Å². The SMILES string of the molecule is CC(C)(C)OC(=O)N(CC(=O)O)Cc1ccccc1CN1CCC1.COC(=O)CCCc1ccccc1C(C)OC.COC(=O)CN(Cc1ccccc1C(C)OC)C(=O)OC(C)(C)C.COC(=O)CN(Cc1ccccc1C=O)C(=O)OC(C)(C)C.COC(=O)CN(Cc1ccccc1CN1CCC1)C(=O)OC(C)(C)C. The van der Waals surface area contributed by atoms with Crippen LogP contribution in [-0.2, 0) is 117 Å². The molecule has 0 spiro atoms. The highest BCUT2D eigenvalue weighted by molar-refractivity contribution is 5.81. The third-order valence-electron chi connectivity index (χ3n) is 16.9. The highest BCUT2D eigenvalue weighted by Gasteiger charge is 2.31. The number of methoxy groups -OCH3 is 6. The summed E-state index contributed by atoms with van der Waals surface area (Å²) in [6, 6.07) is 38.5.